The molecule has 0 saturated carbocycles. The summed E-state index contributed by atoms with van der Waals surface area (Å²) < 4.78 is 2.09. The molecular formula is C5H9Cl2Zr. The Morgan fingerprint density at radius 2 is 1.62 bits per heavy atom. The van der Waals surface area contributed by atoms with Crippen molar-refractivity contribution in [3.63, 3.8) is 0 Å². The van der Waals surface area contributed by atoms with Crippen molar-refractivity contribution in [2.75, 3.05) is 0 Å². The minimum Gasteiger partial charge on any atom is -0.147 e. The molecule has 47 valence electrons. The van der Waals surface area contributed by atoms with Crippen molar-refractivity contribution < 1.29 is 24.7 Å². The van der Waals surface area contributed by atoms with Crippen LogP contribution in [0.2, 0.25) is 0 Å². The van der Waals surface area contributed by atoms with Gasteiger partial charge in [-0.25, -0.2) is 0 Å². The van der Waals surface area contributed by atoms with E-state index >= 15 is 0 Å². The van der Waals surface area contributed by atoms with Gasteiger partial charge >= 0.3 is 53.7 Å². The molecule has 0 aromatic heterocycles. The second-order valence-corrected chi connectivity index (χ2v) is 1.70. The summed E-state index contributed by atoms with van der Waals surface area (Å²) in [5.41, 5.74) is 0. The molecule has 0 heterocycles. The van der Waals surface area contributed by atoms with Gasteiger partial charge in [-0.05, 0) is 0 Å². The summed E-state index contributed by atoms with van der Waals surface area (Å²) in [5.74, 6) is 0. The molecule has 0 rings (SSSR count). The van der Waals surface area contributed by atoms with Gasteiger partial charge in [0.05, 0.1) is 0 Å². The molecule has 0 radical (unpaired) electrons. The number of hydrogen-bond acceptors (Lipinski definition) is 0. The summed E-state index contributed by atoms with van der Waals surface area (Å²) in [6.07, 6.45) is 6.08. The van der Waals surface area contributed by atoms with Crippen LogP contribution in [-0.4, -0.2) is 0 Å². The molecule has 0 atom stereocenters. The molecular weight excluding hydrogens is 222 g/mol. The summed E-state index contributed by atoms with van der Waals surface area (Å²) in [6.45, 7) is 2.01. The Labute approximate surface area is 78.1 Å². The quantitative estimate of drug-likeness (QED) is 0.608. The van der Waals surface area contributed by atoms with E-state index < -0.39 is 0 Å². The van der Waals surface area contributed by atoms with Gasteiger partial charge in [0.15, 0.2) is 0 Å². The number of allylic oxidation sites excluding steroid dienone is 3. The zero-order valence-electron chi connectivity index (χ0n) is 4.63. The molecule has 0 aliphatic heterocycles. The first kappa shape index (κ1) is 16.0. The molecule has 0 spiro atoms. The Morgan fingerprint density at radius 3 is 1.75 bits per heavy atom. The molecule has 0 fully saturated rings. The first-order valence-electron chi connectivity index (χ1n) is 1.87. The van der Waals surface area contributed by atoms with Gasteiger partial charge in [-0.2, -0.15) is 0 Å². The van der Waals surface area contributed by atoms with Crippen LogP contribution in [0.1, 0.15) is 6.92 Å². The molecule has 0 aliphatic carbocycles. The van der Waals surface area contributed by atoms with E-state index in [4.69, 9.17) is 0 Å². The van der Waals surface area contributed by atoms with E-state index in [1.165, 1.54) is 24.7 Å². The molecule has 3 heteroatoms. The minimum atomic E-state index is 0. The third kappa shape index (κ3) is 15.8. The standard InChI is InChI=1S/C5H7.2ClH.Zr/c1-3-5-4-2;;;/h1,3-5H,2H3;2*1H;. The zero-order valence-corrected chi connectivity index (χ0v) is 8.72. The van der Waals surface area contributed by atoms with E-state index in [0.717, 1.165) is 0 Å². The van der Waals surface area contributed by atoms with Gasteiger partial charge in [-0.1, -0.05) is 0 Å². The Morgan fingerprint density at radius 1 is 1.12 bits per heavy atom. The van der Waals surface area contributed by atoms with Crippen LogP contribution in [0.5, 0.6) is 0 Å². The maximum absolute atomic E-state index is 2.09. The van der Waals surface area contributed by atoms with Gasteiger partial charge in [0.2, 0.25) is 0 Å². The molecule has 8 heavy (non-hydrogen) atoms. The van der Waals surface area contributed by atoms with Crippen molar-refractivity contribution in [1.82, 2.24) is 0 Å². The SMILES string of the molecule is CC=CC=[CH][Zr].Cl.Cl. The average molecular weight is 231 g/mol. The van der Waals surface area contributed by atoms with Crippen molar-refractivity contribution in [1.29, 1.82) is 0 Å². The second kappa shape index (κ2) is 15.7. The zero-order chi connectivity index (χ0) is 4.83. The summed E-state index contributed by atoms with van der Waals surface area (Å²) in [7, 11) is 0. The van der Waals surface area contributed by atoms with Crippen LogP contribution in [0, 0.1) is 0 Å². The molecule has 0 saturated heterocycles. The average Bonchev–Trinajstić information content (AvgIpc) is 1.61. The molecule has 0 bridgehead atoms. The van der Waals surface area contributed by atoms with E-state index in [-0.39, 0.29) is 24.8 Å². The normalized spacial score (nSPS) is 8.50. The first-order valence-corrected chi connectivity index (χ1v) is 3.29. The van der Waals surface area contributed by atoms with E-state index in [1.807, 2.05) is 25.2 Å². The van der Waals surface area contributed by atoms with Crippen molar-refractivity contribution in [2.24, 2.45) is 0 Å². The van der Waals surface area contributed by atoms with Gasteiger partial charge in [0.1, 0.15) is 0 Å². The minimum absolute atomic E-state index is 0. The van der Waals surface area contributed by atoms with E-state index in [2.05, 4.69) is 3.78 Å². The van der Waals surface area contributed by atoms with Crippen molar-refractivity contribution in [3.05, 3.63) is 22.0 Å². The van der Waals surface area contributed by atoms with Crippen LogP contribution >= 0.6 is 24.8 Å². The Balaban J connectivity index is -0.000000125. The van der Waals surface area contributed by atoms with Crippen LogP contribution in [0.3, 0.4) is 0 Å². The molecule has 0 aliphatic rings. The number of halogens is 2. The van der Waals surface area contributed by atoms with E-state index in [9.17, 15) is 0 Å². The first-order chi connectivity index (χ1) is 2.91. The van der Waals surface area contributed by atoms with Crippen LogP contribution in [0.15, 0.2) is 22.0 Å². The summed E-state index contributed by atoms with van der Waals surface area (Å²) in [5, 5.41) is 0. The maximum atomic E-state index is 2.09. The van der Waals surface area contributed by atoms with Crippen LogP contribution in [0.4, 0.5) is 0 Å². The Hall–Kier alpha value is 0.943. The second-order valence-electron chi connectivity index (χ2n) is 0.885. The van der Waals surface area contributed by atoms with Crippen molar-refractivity contribution in [2.45, 2.75) is 6.92 Å². The topological polar surface area (TPSA) is 0 Å². The molecule has 0 unspecified atom stereocenters. The van der Waals surface area contributed by atoms with E-state index in [1.54, 1.807) is 0 Å². The molecule has 0 amide bonds. The fourth-order valence-electron chi connectivity index (χ4n) is 0.167. The molecule has 0 nitrogen and oxygen atoms in total. The molecule has 0 N–H and O–H groups in total. The monoisotopic (exact) mass is 229 g/mol. The fourth-order valence-corrected chi connectivity index (χ4v) is 0.440. The summed E-state index contributed by atoms with van der Waals surface area (Å²) >= 11 is 1.46. The Bertz CT molecular complexity index is 58.8. The van der Waals surface area contributed by atoms with Crippen LogP contribution in [-0.2, 0) is 24.7 Å². The molecule has 0 aromatic rings. The van der Waals surface area contributed by atoms with Crippen LogP contribution < -0.4 is 0 Å². The third-order valence-corrected chi connectivity index (χ3v) is 0.873. The van der Waals surface area contributed by atoms with Gasteiger partial charge in [0, 0.05) is 0 Å². The van der Waals surface area contributed by atoms with Gasteiger partial charge in [-0.15, -0.1) is 24.8 Å². The number of rotatable bonds is 1. The van der Waals surface area contributed by atoms with Crippen LogP contribution in [0.25, 0.3) is 0 Å². The molecule has 0 aromatic carbocycles. The van der Waals surface area contributed by atoms with Gasteiger partial charge in [-0.3, -0.25) is 0 Å². The van der Waals surface area contributed by atoms with Gasteiger partial charge in [0.25, 0.3) is 0 Å². The van der Waals surface area contributed by atoms with Gasteiger partial charge < -0.3 is 0 Å². The summed E-state index contributed by atoms with van der Waals surface area (Å²) in [4.78, 5) is 0. The summed E-state index contributed by atoms with van der Waals surface area (Å²) in [6, 6.07) is 0. The third-order valence-electron chi connectivity index (χ3n) is 0.400. The van der Waals surface area contributed by atoms with E-state index in [0.29, 0.717) is 0 Å². The smallest absolute Gasteiger partial charge is 0.147 e. The fraction of sp³-hybridized carbons (Fsp3) is 0.200. The number of hydrogen-bond donors (Lipinski definition) is 0. The predicted octanol–water partition coefficient (Wildman–Crippen LogP) is 2.47. The van der Waals surface area contributed by atoms with Crippen molar-refractivity contribution >= 4 is 24.8 Å². The predicted molar refractivity (Wildman–Crippen MR) is 38.5 cm³/mol. The largest absolute Gasteiger partial charge is 0.147 e. The maximum Gasteiger partial charge on any atom is -0.147 e. The Kier molecular flexibility index (Phi) is 31.3. The van der Waals surface area contributed by atoms with Crippen molar-refractivity contribution in [3.8, 4) is 0 Å².